The summed E-state index contributed by atoms with van der Waals surface area (Å²) in [5.41, 5.74) is 5.30. The molecule has 2 nitrogen and oxygen atoms in total. The second-order valence-corrected chi connectivity index (χ2v) is 3.23. The minimum absolute atomic E-state index is 0.560. The number of halogens is 1. The van der Waals surface area contributed by atoms with E-state index < -0.39 is 0 Å². The summed E-state index contributed by atoms with van der Waals surface area (Å²) in [5, 5.41) is 0. The van der Waals surface area contributed by atoms with Gasteiger partial charge in [0.2, 0.25) is 0 Å². The molecule has 0 amide bonds. The van der Waals surface area contributed by atoms with Crippen LogP contribution in [0.5, 0.6) is 5.75 Å². The molecular formula is C8H10INO. The molecule has 3 heteroatoms. The monoisotopic (exact) mass is 263 g/mol. The maximum Gasteiger partial charge on any atom is 0.132 e. The normalized spacial score (nSPS) is 9.64. The van der Waals surface area contributed by atoms with E-state index in [0.717, 1.165) is 9.32 Å². The maximum absolute atomic E-state index is 5.35. The van der Waals surface area contributed by atoms with Gasteiger partial charge in [-0.25, -0.2) is 0 Å². The number of nitrogens with two attached hydrogens (primary N) is 1. The fourth-order valence-electron chi connectivity index (χ4n) is 0.731. The standard InChI is InChI=1S/C8H10INO/c9-7-3-1-2-4-8(7)11-6-5-10/h1-4H,5-6,10H2. The topological polar surface area (TPSA) is 35.2 Å². The first-order chi connectivity index (χ1) is 5.34. The van der Waals surface area contributed by atoms with Crippen molar-refractivity contribution in [2.24, 2.45) is 5.73 Å². The van der Waals surface area contributed by atoms with E-state index in [-0.39, 0.29) is 0 Å². The summed E-state index contributed by atoms with van der Waals surface area (Å²) in [4.78, 5) is 0. The predicted molar refractivity (Wildman–Crippen MR) is 53.7 cm³/mol. The Kier molecular flexibility index (Phi) is 3.65. The van der Waals surface area contributed by atoms with E-state index in [9.17, 15) is 0 Å². The van der Waals surface area contributed by atoms with Crippen molar-refractivity contribution in [1.82, 2.24) is 0 Å². The lowest BCUT2D eigenvalue weighted by Gasteiger charge is -2.05. The van der Waals surface area contributed by atoms with E-state index in [4.69, 9.17) is 10.5 Å². The molecule has 2 N–H and O–H groups in total. The van der Waals surface area contributed by atoms with Crippen LogP contribution in [-0.4, -0.2) is 13.2 Å². The van der Waals surface area contributed by atoms with Gasteiger partial charge in [0.25, 0.3) is 0 Å². The quantitative estimate of drug-likeness (QED) is 0.841. The fourth-order valence-corrected chi connectivity index (χ4v) is 1.27. The number of hydrogen-bond donors (Lipinski definition) is 1. The van der Waals surface area contributed by atoms with Crippen molar-refractivity contribution in [1.29, 1.82) is 0 Å². The van der Waals surface area contributed by atoms with Gasteiger partial charge in [0, 0.05) is 6.54 Å². The fraction of sp³-hybridized carbons (Fsp3) is 0.250. The summed E-state index contributed by atoms with van der Waals surface area (Å²) in [6.07, 6.45) is 0. The van der Waals surface area contributed by atoms with Gasteiger partial charge in [-0.3, -0.25) is 0 Å². The van der Waals surface area contributed by atoms with Crippen LogP contribution < -0.4 is 10.5 Å². The first-order valence-electron chi connectivity index (χ1n) is 3.42. The van der Waals surface area contributed by atoms with Gasteiger partial charge in [-0.15, -0.1) is 0 Å². The van der Waals surface area contributed by atoms with Gasteiger partial charge in [0.15, 0.2) is 0 Å². The Bertz CT molecular complexity index is 227. The van der Waals surface area contributed by atoms with E-state index in [1.54, 1.807) is 0 Å². The van der Waals surface area contributed by atoms with Crippen molar-refractivity contribution in [3.63, 3.8) is 0 Å². The van der Waals surface area contributed by atoms with Crippen molar-refractivity contribution in [3.8, 4) is 5.75 Å². The van der Waals surface area contributed by atoms with Crippen LogP contribution in [0.15, 0.2) is 24.3 Å². The van der Waals surface area contributed by atoms with E-state index >= 15 is 0 Å². The summed E-state index contributed by atoms with van der Waals surface area (Å²) in [6.45, 7) is 1.14. The van der Waals surface area contributed by atoms with Gasteiger partial charge in [-0.1, -0.05) is 12.1 Å². The highest BCUT2D eigenvalue weighted by Crippen LogP contribution is 2.18. The van der Waals surface area contributed by atoms with Crippen LogP contribution >= 0.6 is 22.6 Å². The van der Waals surface area contributed by atoms with Crippen molar-refractivity contribution in [3.05, 3.63) is 27.8 Å². The third-order valence-electron chi connectivity index (χ3n) is 1.21. The molecule has 0 aliphatic carbocycles. The smallest absolute Gasteiger partial charge is 0.132 e. The van der Waals surface area contributed by atoms with Gasteiger partial charge >= 0.3 is 0 Å². The molecule has 0 heterocycles. The van der Waals surface area contributed by atoms with Crippen LogP contribution in [0.2, 0.25) is 0 Å². The summed E-state index contributed by atoms with van der Waals surface area (Å²) in [7, 11) is 0. The Morgan fingerprint density at radius 2 is 2.09 bits per heavy atom. The lowest BCUT2D eigenvalue weighted by atomic mass is 10.3. The second kappa shape index (κ2) is 4.56. The Hall–Kier alpha value is -0.290. The Balaban J connectivity index is 2.62. The average Bonchev–Trinajstić information content (AvgIpc) is 2.03. The first-order valence-corrected chi connectivity index (χ1v) is 4.50. The molecule has 0 radical (unpaired) electrons. The van der Waals surface area contributed by atoms with Crippen LogP contribution in [-0.2, 0) is 0 Å². The summed E-state index contributed by atoms with van der Waals surface area (Å²) >= 11 is 2.23. The number of benzene rings is 1. The first kappa shape index (κ1) is 8.80. The van der Waals surface area contributed by atoms with Crippen molar-refractivity contribution < 1.29 is 4.74 Å². The van der Waals surface area contributed by atoms with Gasteiger partial charge in [-0.2, -0.15) is 0 Å². The molecule has 0 bridgehead atoms. The molecule has 0 fully saturated rings. The SMILES string of the molecule is NCCOc1ccccc1I. The highest BCUT2D eigenvalue weighted by Gasteiger charge is 1.96. The summed E-state index contributed by atoms with van der Waals surface area (Å²) < 4.78 is 6.48. The number of ether oxygens (including phenoxy) is 1. The van der Waals surface area contributed by atoms with Gasteiger partial charge in [-0.05, 0) is 34.7 Å². The van der Waals surface area contributed by atoms with E-state index in [1.165, 1.54) is 0 Å². The molecule has 0 spiro atoms. The lowest BCUT2D eigenvalue weighted by Crippen LogP contribution is -2.10. The molecule has 0 aliphatic rings. The third kappa shape index (κ3) is 2.67. The zero-order valence-electron chi connectivity index (χ0n) is 6.09. The summed E-state index contributed by atoms with van der Waals surface area (Å²) in [6, 6.07) is 7.88. The number of para-hydroxylation sites is 1. The molecule has 0 saturated carbocycles. The Morgan fingerprint density at radius 1 is 1.36 bits per heavy atom. The molecule has 0 unspecified atom stereocenters. The van der Waals surface area contributed by atoms with E-state index in [0.29, 0.717) is 13.2 Å². The zero-order chi connectivity index (χ0) is 8.10. The van der Waals surface area contributed by atoms with Crippen LogP contribution in [0.1, 0.15) is 0 Å². The van der Waals surface area contributed by atoms with Crippen molar-refractivity contribution >= 4 is 22.6 Å². The van der Waals surface area contributed by atoms with Crippen LogP contribution in [0, 0.1) is 3.57 Å². The van der Waals surface area contributed by atoms with Gasteiger partial charge in [0.1, 0.15) is 12.4 Å². The average molecular weight is 263 g/mol. The molecular weight excluding hydrogens is 253 g/mol. The van der Waals surface area contributed by atoms with Crippen LogP contribution in [0.3, 0.4) is 0 Å². The van der Waals surface area contributed by atoms with E-state index in [1.807, 2.05) is 24.3 Å². The maximum atomic E-state index is 5.35. The highest BCUT2D eigenvalue weighted by atomic mass is 127. The Labute approximate surface area is 79.9 Å². The Morgan fingerprint density at radius 3 is 2.73 bits per heavy atom. The number of rotatable bonds is 3. The van der Waals surface area contributed by atoms with E-state index in [2.05, 4.69) is 22.6 Å². The minimum Gasteiger partial charge on any atom is -0.491 e. The highest BCUT2D eigenvalue weighted by molar-refractivity contribution is 14.1. The molecule has 1 rings (SSSR count). The van der Waals surface area contributed by atoms with Crippen LogP contribution in [0.25, 0.3) is 0 Å². The molecule has 1 aromatic rings. The molecule has 60 valence electrons. The van der Waals surface area contributed by atoms with Crippen molar-refractivity contribution in [2.75, 3.05) is 13.2 Å². The van der Waals surface area contributed by atoms with Gasteiger partial charge in [0.05, 0.1) is 3.57 Å². The molecule has 0 aliphatic heterocycles. The minimum atomic E-state index is 0.560. The summed E-state index contributed by atoms with van der Waals surface area (Å²) in [5.74, 6) is 0.915. The zero-order valence-corrected chi connectivity index (χ0v) is 8.24. The molecule has 11 heavy (non-hydrogen) atoms. The molecule has 0 saturated heterocycles. The second-order valence-electron chi connectivity index (χ2n) is 2.07. The lowest BCUT2D eigenvalue weighted by molar-refractivity contribution is 0.326. The van der Waals surface area contributed by atoms with Crippen LogP contribution in [0.4, 0.5) is 0 Å². The third-order valence-corrected chi connectivity index (χ3v) is 2.10. The predicted octanol–water partition coefficient (Wildman–Crippen LogP) is 1.63. The largest absolute Gasteiger partial charge is 0.491 e. The van der Waals surface area contributed by atoms with Gasteiger partial charge < -0.3 is 10.5 Å². The molecule has 0 aromatic heterocycles. The molecule has 0 atom stereocenters. The molecule has 1 aromatic carbocycles. The number of hydrogen-bond acceptors (Lipinski definition) is 2. The van der Waals surface area contributed by atoms with Crippen molar-refractivity contribution in [2.45, 2.75) is 0 Å².